The van der Waals surface area contributed by atoms with E-state index in [4.69, 9.17) is 16.9 Å². The standard InChI is InChI=1S/C11H11ClN2OS/c1-8(16-7-6-13)11(15)14-10-4-2-9(12)3-5-10/h2-5,8H,7H2,1H3,(H,14,15). The lowest BCUT2D eigenvalue weighted by atomic mass is 10.3. The van der Waals surface area contributed by atoms with Crippen LogP contribution < -0.4 is 5.32 Å². The molecule has 1 rings (SSSR count). The number of amides is 1. The second-order valence-corrected chi connectivity index (χ2v) is 4.87. The second-order valence-electron chi connectivity index (χ2n) is 3.11. The van der Waals surface area contributed by atoms with Crippen LogP contribution in [0.25, 0.3) is 0 Å². The summed E-state index contributed by atoms with van der Waals surface area (Å²) in [7, 11) is 0. The van der Waals surface area contributed by atoms with Crippen LogP contribution in [0.1, 0.15) is 6.92 Å². The molecule has 0 bridgehead atoms. The molecule has 5 heteroatoms. The van der Waals surface area contributed by atoms with E-state index in [-0.39, 0.29) is 11.2 Å². The summed E-state index contributed by atoms with van der Waals surface area (Å²) in [5, 5.41) is 11.5. The zero-order valence-electron chi connectivity index (χ0n) is 8.74. The summed E-state index contributed by atoms with van der Waals surface area (Å²) in [6.07, 6.45) is 0. The summed E-state index contributed by atoms with van der Waals surface area (Å²) in [6.45, 7) is 1.77. The molecule has 1 N–H and O–H groups in total. The van der Waals surface area contributed by atoms with E-state index in [1.165, 1.54) is 11.8 Å². The molecule has 0 aliphatic rings. The molecule has 0 aromatic heterocycles. The van der Waals surface area contributed by atoms with Crippen molar-refractivity contribution < 1.29 is 4.79 Å². The lowest BCUT2D eigenvalue weighted by Gasteiger charge is -2.10. The van der Waals surface area contributed by atoms with Gasteiger partial charge in [-0.1, -0.05) is 11.6 Å². The number of nitrogens with one attached hydrogen (secondary N) is 1. The first kappa shape index (κ1) is 12.9. The van der Waals surface area contributed by atoms with Crippen molar-refractivity contribution >= 4 is 35.0 Å². The van der Waals surface area contributed by atoms with Crippen molar-refractivity contribution in [3.8, 4) is 6.07 Å². The van der Waals surface area contributed by atoms with Crippen molar-refractivity contribution in [2.45, 2.75) is 12.2 Å². The molecule has 1 atom stereocenters. The predicted octanol–water partition coefficient (Wildman–Crippen LogP) is 2.92. The molecule has 16 heavy (non-hydrogen) atoms. The molecule has 1 unspecified atom stereocenters. The average molecular weight is 255 g/mol. The van der Waals surface area contributed by atoms with E-state index < -0.39 is 0 Å². The minimum atomic E-state index is -0.240. The molecular formula is C11H11ClN2OS. The van der Waals surface area contributed by atoms with Gasteiger partial charge in [-0.05, 0) is 31.2 Å². The summed E-state index contributed by atoms with van der Waals surface area (Å²) >= 11 is 7.03. The van der Waals surface area contributed by atoms with E-state index in [0.29, 0.717) is 16.5 Å². The van der Waals surface area contributed by atoms with E-state index in [1.807, 2.05) is 6.07 Å². The number of nitrogens with zero attached hydrogens (tertiary/aromatic N) is 1. The number of nitriles is 1. The Balaban J connectivity index is 2.51. The number of anilines is 1. The van der Waals surface area contributed by atoms with Gasteiger partial charge < -0.3 is 5.32 Å². The van der Waals surface area contributed by atoms with Gasteiger partial charge in [0.2, 0.25) is 5.91 Å². The Bertz CT molecular complexity index is 399. The monoisotopic (exact) mass is 254 g/mol. The number of carbonyl (C=O) groups excluding carboxylic acids is 1. The molecule has 0 aliphatic heterocycles. The Morgan fingerprint density at radius 3 is 2.75 bits per heavy atom. The quantitative estimate of drug-likeness (QED) is 0.899. The summed E-state index contributed by atoms with van der Waals surface area (Å²) in [5.41, 5.74) is 0.707. The Hall–Kier alpha value is -1.18. The third-order valence-electron chi connectivity index (χ3n) is 1.88. The maximum atomic E-state index is 11.6. The highest BCUT2D eigenvalue weighted by molar-refractivity contribution is 8.00. The number of carbonyl (C=O) groups is 1. The van der Waals surface area contributed by atoms with Crippen molar-refractivity contribution in [3.05, 3.63) is 29.3 Å². The Morgan fingerprint density at radius 2 is 2.19 bits per heavy atom. The fourth-order valence-electron chi connectivity index (χ4n) is 1.02. The van der Waals surface area contributed by atoms with Crippen molar-refractivity contribution in [2.24, 2.45) is 0 Å². The van der Waals surface area contributed by atoms with Crippen LogP contribution in [0.4, 0.5) is 5.69 Å². The van der Waals surface area contributed by atoms with Gasteiger partial charge in [0.05, 0.1) is 17.1 Å². The number of rotatable bonds is 4. The second kappa shape index (κ2) is 6.41. The molecule has 0 aliphatic carbocycles. The van der Waals surface area contributed by atoms with Crippen LogP contribution in [0, 0.1) is 11.3 Å². The number of thioether (sulfide) groups is 1. The Morgan fingerprint density at radius 1 is 1.56 bits per heavy atom. The van der Waals surface area contributed by atoms with Gasteiger partial charge in [0.1, 0.15) is 0 Å². The van der Waals surface area contributed by atoms with Gasteiger partial charge in [-0.2, -0.15) is 5.26 Å². The van der Waals surface area contributed by atoms with Gasteiger partial charge in [-0.15, -0.1) is 11.8 Å². The van der Waals surface area contributed by atoms with Crippen LogP contribution in [-0.4, -0.2) is 16.9 Å². The van der Waals surface area contributed by atoms with Crippen LogP contribution in [0.15, 0.2) is 24.3 Å². The minimum Gasteiger partial charge on any atom is -0.325 e. The van der Waals surface area contributed by atoms with Gasteiger partial charge in [0.15, 0.2) is 0 Å². The highest BCUT2D eigenvalue weighted by atomic mass is 35.5. The van der Waals surface area contributed by atoms with Gasteiger partial charge in [-0.3, -0.25) is 4.79 Å². The molecule has 3 nitrogen and oxygen atoms in total. The largest absolute Gasteiger partial charge is 0.325 e. The van der Waals surface area contributed by atoms with Gasteiger partial charge in [-0.25, -0.2) is 0 Å². The lowest BCUT2D eigenvalue weighted by molar-refractivity contribution is -0.115. The molecule has 1 aromatic carbocycles. The van der Waals surface area contributed by atoms with Crippen LogP contribution >= 0.6 is 23.4 Å². The zero-order chi connectivity index (χ0) is 12.0. The third-order valence-corrected chi connectivity index (χ3v) is 3.14. The van der Waals surface area contributed by atoms with Crippen LogP contribution in [-0.2, 0) is 4.79 Å². The van der Waals surface area contributed by atoms with Gasteiger partial charge in [0, 0.05) is 10.7 Å². The predicted molar refractivity (Wildman–Crippen MR) is 67.6 cm³/mol. The number of hydrogen-bond acceptors (Lipinski definition) is 3. The Kier molecular flexibility index (Phi) is 5.17. The van der Waals surface area contributed by atoms with Crippen LogP contribution in [0.2, 0.25) is 5.02 Å². The molecule has 84 valence electrons. The highest BCUT2D eigenvalue weighted by Crippen LogP contribution is 2.16. The molecule has 0 spiro atoms. The SMILES string of the molecule is CC(SCC#N)C(=O)Nc1ccc(Cl)cc1. The van der Waals surface area contributed by atoms with E-state index in [1.54, 1.807) is 31.2 Å². The number of hydrogen-bond donors (Lipinski definition) is 1. The smallest absolute Gasteiger partial charge is 0.237 e. The maximum Gasteiger partial charge on any atom is 0.237 e. The van der Waals surface area contributed by atoms with E-state index in [2.05, 4.69) is 5.32 Å². The van der Waals surface area contributed by atoms with Crippen molar-refractivity contribution in [1.82, 2.24) is 0 Å². The Labute approximate surface area is 104 Å². The fourth-order valence-corrected chi connectivity index (χ4v) is 1.68. The minimum absolute atomic E-state index is 0.109. The molecule has 0 saturated heterocycles. The first-order valence-electron chi connectivity index (χ1n) is 4.68. The average Bonchev–Trinajstić information content (AvgIpc) is 2.29. The van der Waals surface area contributed by atoms with Crippen LogP contribution in [0.3, 0.4) is 0 Å². The topological polar surface area (TPSA) is 52.9 Å². The third kappa shape index (κ3) is 4.13. The fraction of sp³-hybridized carbons (Fsp3) is 0.273. The molecule has 0 fully saturated rings. The molecule has 0 heterocycles. The van der Waals surface area contributed by atoms with Crippen molar-refractivity contribution in [1.29, 1.82) is 5.26 Å². The lowest BCUT2D eigenvalue weighted by Crippen LogP contribution is -2.22. The molecular weight excluding hydrogens is 244 g/mol. The molecule has 1 aromatic rings. The number of benzene rings is 1. The number of halogens is 1. The summed E-state index contributed by atoms with van der Waals surface area (Å²) in [5.74, 6) is 0.206. The first-order chi connectivity index (χ1) is 7.63. The van der Waals surface area contributed by atoms with E-state index >= 15 is 0 Å². The van der Waals surface area contributed by atoms with Gasteiger partial charge >= 0.3 is 0 Å². The molecule has 0 saturated carbocycles. The first-order valence-corrected chi connectivity index (χ1v) is 6.11. The summed E-state index contributed by atoms with van der Waals surface area (Å²) in [4.78, 5) is 11.6. The zero-order valence-corrected chi connectivity index (χ0v) is 10.3. The van der Waals surface area contributed by atoms with Crippen molar-refractivity contribution in [3.63, 3.8) is 0 Å². The van der Waals surface area contributed by atoms with Crippen LogP contribution in [0.5, 0.6) is 0 Å². The highest BCUT2D eigenvalue weighted by Gasteiger charge is 2.12. The molecule has 0 radical (unpaired) electrons. The normalized spacial score (nSPS) is 11.6. The molecule has 1 amide bonds. The van der Waals surface area contributed by atoms with E-state index in [9.17, 15) is 4.79 Å². The van der Waals surface area contributed by atoms with Gasteiger partial charge in [0.25, 0.3) is 0 Å². The summed E-state index contributed by atoms with van der Waals surface area (Å²) in [6, 6.07) is 8.89. The van der Waals surface area contributed by atoms with Crippen molar-refractivity contribution in [2.75, 3.05) is 11.1 Å². The van der Waals surface area contributed by atoms with E-state index in [0.717, 1.165) is 0 Å². The maximum absolute atomic E-state index is 11.6. The summed E-state index contributed by atoms with van der Waals surface area (Å²) < 4.78 is 0.